The van der Waals surface area contributed by atoms with E-state index in [0.29, 0.717) is 28.9 Å². The summed E-state index contributed by atoms with van der Waals surface area (Å²) in [6, 6.07) is 9.38. The predicted octanol–water partition coefficient (Wildman–Crippen LogP) is 2.56. The number of aromatic nitrogens is 1. The number of esters is 1. The van der Waals surface area contributed by atoms with Crippen LogP contribution in [0.25, 0.3) is 10.2 Å². The first-order valence-electron chi connectivity index (χ1n) is 8.13. The maximum atomic E-state index is 13.1. The van der Waals surface area contributed by atoms with Gasteiger partial charge in [0.15, 0.2) is 0 Å². The molecule has 0 aliphatic heterocycles. The van der Waals surface area contributed by atoms with E-state index in [9.17, 15) is 17.6 Å². The number of fused-ring (bicyclic) bond motifs is 1. The van der Waals surface area contributed by atoms with Crippen LogP contribution >= 0.6 is 11.3 Å². The zero-order chi connectivity index (χ0) is 20.3. The van der Waals surface area contributed by atoms with Crippen molar-refractivity contribution in [1.82, 2.24) is 4.57 Å². The van der Waals surface area contributed by atoms with E-state index in [-0.39, 0.29) is 9.70 Å². The normalized spacial score (nSPS) is 12.5. The molecular weight excluding hydrogens is 407 g/mol. The number of thiazole rings is 1. The summed E-state index contributed by atoms with van der Waals surface area (Å²) in [5, 5.41) is 0. The molecule has 0 N–H and O–H groups in total. The summed E-state index contributed by atoms with van der Waals surface area (Å²) in [7, 11) is -1.22. The number of carbonyl (C=O) groups is 1. The lowest BCUT2D eigenvalue weighted by Gasteiger charge is -2.05. The molecule has 0 atom stereocenters. The van der Waals surface area contributed by atoms with Crippen LogP contribution in [0.3, 0.4) is 0 Å². The second-order valence-corrected chi connectivity index (χ2v) is 8.34. The Morgan fingerprint density at radius 2 is 1.89 bits per heavy atom. The number of nitrogens with zero attached hydrogens (tertiary/aromatic N) is 2. The molecule has 2 aromatic carbocycles. The van der Waals surface area contributed by atoms with E-state index in [1.807, 2.05) is 0 Å². The fourth-order valence-corrected chi connectivity index (χ4v) is 4.85. The number of hydrogen-bond acceptors (Lipinski definition) is 6. The third-order valence-corrected chi connectivity index (χ3v) is 6.37. The van der Waals surface area contributed by atoms with Crippen molar-refractivity contribution in [3.8, 4) is 0 Å². The van der Waals surface area contributed by atoms with Gasteiger partial charge < -0.3 is 14.0 Å². The first-order chi connectivity index (χ1) is 13.4. The van der Waals surface area contributed by atoms with Gasteiger partial charge in [0.1, 0.15) is 5.82 Å². The Hall–Kier alpha value is -2.56. The quantitative estimate of drug-likeness (QED) is 0.568. The molecule has 0 fully saturated rings. The summed E-state index contributed by atoms with van der Waals surface area (Å²) in [4.78, 5) is 11.9. The van der Waals surface area contributed by atoms with E-state index >= 15 is 0 Å². The highest BCUT2D eigenvalue weighted by atomic mass is 32.2. The maximum Gasteiger partial charge on any atom is 0.337 e. The highest BCUT2D eigenvalue weighted by molar-refractivity contribution is 7.90. The number of benzene rings is 2. The van der Waals surface area contributed by atoms with Crippen molar-refractivity contribution in [3.05, 3.63) is 58.6 Å². The first kappa shape index (κ1) is 20.2. The van der Waals surface area contributed by atoms with Gasteiger partial charge in [-0.1, -0.05) is 11.3 Å². The van der Waals surface area contributed by atoms with E-state index in [0.717, 1.165) is 35.6 Å². The van der Waals surface area contributed by atoms with Crippen LogP contribution in [0.4, 0.5) is 4.39 Å². The van der Waals surface area contributed by atoms with Crippen molar-refractivity contribution >= 4 is 37.5 Å². The Balaban J connectivity index is 2.18. The van der Waals surface area contributed by atoms with Crippen molar-refractivity contribution < 1.29 is 27.1 Å². The van der Waals surface area contributed by atoms with Crippen molar-refractivity contribution in [3.63, 3.8) is 0 Å². The molecule has 0 saturated carbocycles. The van der Waals surface area contributed by atoms with Crippen molar-refractivity contribution in [2.75, 3.05) is 20.8 Å². The van der Waals surface area contributed by atoms with Crippen LogP contribution in [0.15, 0.2) is 51.8 Å². The number of rotatable bonds is 6. The van der Waals surface area contributed by atoms with Gasteiger partial charge in [-0.2, -0.15) is 8.42 Å². The Morgan fingerprint density at radius 3 is 2.54 bits per heavy atom. The molecule has 0 radical (unpaired) electrons. The topological polar surface area (TPSA) is 87.0 Å². The van der Waals surface area contributed by atoms with Gasteiger partial charge in [0.05, 0.1) is 34.4 Å². The fraction of sp³-hybridized carbons (Fsp3) is 0.222. The average molecular weight is 424 g/mol. The molecule has 0 bridgehead atoms. The van der Waals surface area contributed by atoms with Gasteiger partial charge in [-0.3, -0.25) is 0 Å². The molecule has 0 spiro atoms. The van der Waals surface area contributed by atoms with E-state index in [1.54, 1.807) is 22.8 Å². The SMILES string of the molecule is COCCn1c(=NS(=O)(=O)c2ccc(F)cc2)sc2cc(C(=O)OC)ccc21. The average Bonchev–Trinajstić information content (AvgIpc) is 3.01. The summed E-state index contributed by atoms with van der Waals surface area (Å²) in [6.07, 6.45) is 0. The molecule has 1 aromatic heterocycles. The van der Waals surface area contributed by atoms with E-state index in [1.165, 1.54) is 14.2 Å². The molecule has 3 aromatic rings. The molecule has 28 heavy (non-hydrogen) atoms. The summed E-state index contributed by atoms with van der Waals surface area (Å²) in [5.74, 6) is -1.03. The zero-order valence-corrected chi connectivity index (χ0v) is 16.7. The van der Waals surface area contributed by atoms with Crippen molar-refractivity contribution in [2.45, 2.75) is 11.4 Å². The van der Waals surface area contributed by atoms with Gasteiger partial charge >= 0.3 is 5.97 Å². The van der Waals surface area contributed by atoms with Crippen molar-refractivity contribution in [2.24, 2.45) is 4.40 Å². The number of halogens is 1. The Bertz CT molecular complexity index is 1180. The van der Waals surface area contributed by atoms with Crippen LogP contribution in [-0.4, -0.2) is 39.8 Å². The monoisotopic (exact) mass is 424 g/mol. The van der Waals surface area contributed by atoms with Gasteiger partial charge in [-0.15, -0.1) is 4.40 Å². The Labute approximate surface area is 164 Å². The zero-order valence-electron chi connectivity index (χ0n) is 15.1. The second kappa shape index (κ2) is 8.21. The third kappa shape index (κ3) is 4.13. The first-order valence-corrected chi connectivity index (χ1v) is 10.4. The smallest absolute Gasteiger partial charge is 0.337 e. The second-order valence-electron chi connectivity index (χ2n) is 5.72. The molecule has 3 rings (SSSR count). The Kier molecular flexibility index (Phi) is 5.92. The Morgan fingerprint density at radius 1 is 1.18 bits per heavy atom. The lowest BCUT2D eigenvalue weighted by atomic mass is 10.2. The third-order valence-electron chi connectivity index (χ3n) is 3.93. The number of carbonyl (C=O) groups excluding carboxylic acids is 1. The molecule has 0 saturated heterocycles. The number of sulfonamides is 1. The van der Waals surface area contributed by atoms with E-state index < -0.39 is 21.8 Å². The van der Waals surface area contributed by atoms with Crippen LogP contribution in [-0.2, 0) is 26.0 Å². The molecule has 0 aliphatic carbocycles. The minimum Gasteiger partial charge on any atom is -0.465 e. The largest absolute Gasteiger partial charge is 0.465 e. The van der Waals surface area contributed by atoms with E-state index in [2.05, 4.69) is 4.40 Å². The van der Waals surface area contributed by atoms with Gasteiger partial charge in [0.25, 0.3) is 10.0 Å². The van der Waals surface area contributed by atoms with Crippen LogP contribution in [0, 0.1) is 5.82 Å². The lowest BCUT2D eigenvalue weighted by Crippen LogP contribution is -2.19. The fourth-order valence-electron chi connectivity index (χ4n) is 2.55. The minimum absolute atomic E-state index is 0.111. The summed E-state index contributed by atoms with van der Waals surface area (Å²) >= 11 is 1.12. The van der Waals surface area contributed by atoms with Crippen molar-refractivity contribution in [1.29, 1.82) is 0 Å². The molecule has 0 aliphatic rings. The minimum atomic E-state index is -4.04. The lowest BCUT2D eigenvalue weighted by molar-refractivity contribution is 0.0601. The van der Waals surface area contributed by atoms with Gasteiger partial charge in [-0.05, 0) is 42.5 Å². The van der Waals surface area contributed by atoms with Crippen LogP contribution < -0.4 is 4.80 Å². The van der Waals surface area contributed by atoms with Gasteiger partial charge in [0, 0.05) is 13.7 Å². The summed E-state index contributed by atoms with van der Waals surface area (Å²) < 4.78 is 54.5. The van der Waals surface area contributed by atoms with Gasteiger partial charge in [0.2, 0.25) is 4.80 Å². The molecule has 1 heterocycles. The highest BCUT2D eigenvalue weighted by Gasteiger charge is 2.16. The molecule has 148 valence electrons. The summed E-state index contributed by atoms with van der Waals surface area (Å²) in [5.41, 5.74) is 1.06. The van der Waals surface area contributed by atoms with Crippen LogP contribution in [0.1, 0.15) is 10.4 Å². The molecule has 7 nitrogen and oxygen atoms in total. The van der Waals surface area contributed by atoms with Gasteiger partial charge in [-0.25, -0.2) is 9.18 Å². The number of ether oxygens (including phenoxy) is 2. The van der Waals surface area contributed by atoms with Crippen LogP contribution in [0.5, 0.6) is 0 Å². The highest BCUT2D eigenvalue weighted by Crippen LogP contribution is 2.21. The molecule has 0 amide bonds. The van der Waals surface area contributed by atoms with Crippen LogP contribution in [0.2, 0.25) is 0 Å². The number of hydrogen-bond donors (Lipinski definition) is 0. The predicted molar refractivity (Wildman–Crippen MR) is 102 cm³/mol. The summed E-state index contributed by atoms with van der Waals surface area (Å²) in [6.45, 7) is 0.709. The maximum absolute atomic E-state index is 13.1. The molecule has 10 heteroatoms. The number of methoxy groups -OCH3 is 2. The standard InChI is InChI=1S/C18H17FN2O5S2/c1-25-10-9-21-15-8-3-12(17(22)26-2)11-16(15)27-18(21)20-28(23,24)14-6-4-13(19)5-7-14/h3-8,11H,9-10H2,1-2H3. The van der Waals surface area contributed by atoms with E-state index in [4.69, 9.17) is 9.47 Å². The molecular formula is C18H17FN2O5S2. The molecule has 0 unspecified atom stereocenters.